The summed E-state index contributed by atoms with van der Waals surface area (Å²) in [7, 11) is -4.07. The minimum atomic E-state index is -4.07. The molecule has 2 atom stereocenters. The van der Waals surface area contributed by atoms with Gasteiger partial charge in [0.1, 0.15) is 6.61 Å². The molecule has 19 heavy (non-hydrogen) atoms. The minimum Gasteiger partial charge on any atom is -0.302 e. The molecule has 5 rings (SSSR count). The van der Waals surface area contributed by atoms with Crippen LogP contribution in [0.15, 0.2) is 0 Å². The van der Waals surface area contributed by atoms with E-state index >= 15 is 0 Å². The fourth-order valence-corrected chi connectivity index (χ4v) is 5.88. The summed E-state index contributed by atoms with van der Waals surface area (Å²) in [4.78, 5) is 18.9. The largest absolute Gasteiger partial charge is 0.475 e. The molecule has 0 aromatic heterocycles. The molecule has 1 aliphatic heterocycles. The maximum absolute atomic E-state index is 12.1. The summed E-state index contributed by atoms with van der Waals surface area (Å²) in [6.45, 7) is 0.175. The molecule has 1 N–H and O–H groups in total. The van der Waals surface area contributed by atoms with E-state index in [9.17, 15) is 9.46 Å². The summed E-state index contributed by atoms with van der Waals surface area (Å²) in [5, 5.41) is 0. The second-order valence-electron chi connectivity index (χ2n) is 6.58. The highest BCUT2D eigenvalue weighted by Gasteiger charge is 2.54. The predicted molar refractivity (Wildman–Crippen MR) is 63.7 cm³/mol. The number of phosphoric ester groups is 1. The standard InChI is InChI=1S/C12H19O6P/c13-19(14,17-11-7-15-16-11)18-12-4-8-1-9(5-12)3-10(2-8)6-12/h8-11H,1-7H2,(H,13,14). The summed E-state index contributed by atoms with van der Waals surface area (Å²) in [6.07, 6.45) is 5.71. The molecule has 5 aliphatic rings. The molecule has 5 fully saturated rings. The Bertz CT molecular complexity index is 385. The third kappa shape index (κ3) is 2.39. The van der Waals surface area contributed by atoms with Crippen molar-refractivity contribution >= 4 is 7.82 Å². The van der Waals surface area contributed by atoms with E-state index in [2.05, 4.69) is 9.78 Å². The van der Waals surface area contributed by atoms with Crippen molar-refractivity contribution in [2.75, 3.05) is 6.61 Å². The lowest BCUT2D eigenvalue weighted by atomic mass is 9.54. The van der Waals surface area contributed by atoms with Crippen molar-refractivity contribution in [3.05, 3.63) is 0 Å². The van der Waals surface area contributed by atoms with Gasteiger partial charge >= 0.3 is 7.82 Å². The van der Waals surface area contributed by atoms with E-state index in [4.69, 9.17) is 9.05 Å². The molecular weight excluding hydrogens is 271 g/mol. The third-order valence-corrected chi connectivity index (χ3v) is 6.04. The SMILES string of the molecule is O=P(O)(OC1COO1)OC12CC3CC(CC(C3)C1)C2. The van der Waals surface area contributed by atoms with Crippen molar-refractivity contribution in [1.82, 2.24) is 0 Å². The highest BCUT2D eigenvalue weighted by molar-refractivity contribution is 7.47. The number of hydrogen-bond acceptors (Lipinski definition) is 5. The third-order valence-electron chi connectivity index (χ3n) is 4.92. The number of hydrogen-bond donors (Lipinski definition) is 1. The van der Waals surface area contributed by atoms with E-state index in [1.807, 2.05) is 0 Å². The van der Waals surface area contributed by atoms with Crippen molar-refractivity contribution in [3.8, 4) is 0 Å². The van der Waals surface area contributed by atoms with Gasteiger partial charge < -0.3 is 4.89 Å². The number of phosphoric acid groups is 1. The highest BCUT2D eigenvalue weighted by Crippen LogP contribution is 2.62. The summed E-state index contributed by atoms with van der Waals surface area (Å²) in [6, 6.07) is 0. The minimum absolute atomic E-state index is 0.175. The molecule has 4 aliphatic carbocycles. The van der Waals surface area contributed by atoms with E-state index in [0.717, 1.165) is 19.3 Å². The Morgan fingerprint density at radius 1 is 1.11 bits per heavy atom. The van der Waals surface area contributed by atoms with E-state index in [1.54, 1.807) is 0 Å². The monoisotopic (exact) mass is 290 g/mol. The van der Waals surface area contributed by atoms with Crippen molar-refractivity contribution < 1.29 is 28.3 Å². The fraction of sp³-hybridized carbons (Fsp3) is 1.00. The lowest BCUT2D eigenvalue weighted by Gasteiger charge is -2.56. The molecule has 1 heterocycles. The maximum atomic E-state index is 12.1. The maximum Gasteiger partial charge on any atom is 0.475 e. The van der Waals surface area contributed by atoms with Crippen LogP contribution in [-0.2, 0) is 23.4 Å². The van der Waals surface area contributed by atoms with Gasteiger partial charge in [-0.15, -0.1) is 0 Å². The van der Waals surface area contributed by atoms with E-state index < -0.39 is 19.7 Å². The smallest absolute Gasteiger partial charge is 0.302 e. The summed E-state index contributed by atoms with van der Waals surface area (Å²) in [5.74, 6) is 1.98. The lowest BCUT2D eigenvalue weighted by Crippen LogP contribution is -2.51. The van der Waals surface area contributed by atoms with Crippen LogP contribution in [0.3, 0.4) is 0 Å². The van der Waals surface area contributed by atoms with Gasteiger partial charge in [-0.2, -0.15) is 0 Å². The molecule has 0 radical (unpaired) electrons. The molecule has 0 amide bonds. The molecule has 4 bridgehead atoms. The van der Waals surface area contributed by atoms with Crippen molar-refractivity contribution in [3.63, 3.8) is 0 Å². The Morgan fingerprint density at radius 3 is 2.05 bits per heavy atom. The second kappa shape index (κ2) is 4.26. The Balaban J connectivity index is 1.47. The molecule has 0 aromatic carbocycles. The van der Waals surface area contributed by atoms with Gasteiger partial charge in [0.15, 0.2) is 0 Å². The Labute approximate surface area is 111 Å². The van der Waals surface area contributed by atoms with Crippen LogP contribution in [0.2, 0.25) is 0 Å². The zero-order valence-corrected chi connectivity index (χ0v) is 11.6. The van der Waals surface area contributed by atoms with Crippen LogP contribution in [0.25, 0.3) is 0 Å². The average molecular weight is 290 g/mol. The molecule has 0 spiro atoms. The first-order valence-corrected chi connectivity index (χ1v) is 8.52. The topological polar surface area (TPSA) is 74.2 Å². The van der Waals surface area contributed by atoms with Crippen LogP contribution in [0.4, 0.5) is 0 Å². The van der Waals surface area contributed by atoms with Gasteiger partial charge in [0.25, 0.3) is 0 Å². The molecule has 108 valence electrons. The average Bonchev–Trinajstić information content (AvgIpc) is 2.20. The predicted octanol–water partition coefficient (Wildman–Crippen LogP) is 2.38. The Hall–Kier alpha value is 0.0300. The lowest BCUT2D eigenvalue weighted by molar-refractivity contribution is -0.469. The second-order valence-corrected chi connectivity index (χ2v) is 7.91. The zero-order valence-electron chi connectivity index (χ0n) is 10.7. The van der Waals surface area contributed by atoms with Crippen LogP contribution in [-0.4, -0.2) is 23.4 Å². The fourth-order valence-electron chi connectivity index (χ4n) is 4.73. The van der Waals surface area contributed by atoms with Gasteiger partial charge in [0.05, 0.1) is 5.60 Å². The molecule has 0 aromatic rings. The summed E-state index contributed by atoms with van der Waals surface area (Å²) >= 11 is 0. The van der Waals surface area contributed by atoms with Crippen LogP contribution in [0.5, 0.6) is 0 Å². The first-order valence-electron chi connectivity index (χ1n) is 7.02. The van der Waals surface area contributed by atoms with Crippen molar-refractivity contribution in [2.24, 2.45) is 17.8 Å². The van der Waals surface area contributed by atoms with Crippen LogP contribution < -0.4 is 0 Å². The Morgan fingerprint density at radius 2 is 1.63 bits per heavy atom. The van der Waals surface area contributed by atoms with Gasteiger partial charge in [-0.05, 0) is 56.3 Å². The zero-order chi connectivity index (χ0) is 13.1. The van der Waals surface area contributed by atoms with E-state index in [0.29, 0.717) is 17.8 Å². The van der Waals surface area contributed by atoms with Crippen LogP contribution in [0.1, 0.15) is 38.5 Å². The van der Waals surface area contributed by atoms with Gasteiger partial charge in [0, 0.05) is 0 Å². The number of rotatable bonds is 4. The molecule has 2 unspecified atom stereocenters. The van der Waals surface area contributed by atoms with Crippen LogP contribution >= 0.6 is 7.82 Å². The first-order chi connectivity index (χ1) is 9.02. The molecule has 6 nitrogen and oxygen atoms in total. The van der Waals surface area contributed by atoms with Crippen molar-refractivity contribution in [1.29, 1.82) is 0 Å². The molecule has 7 heteroatoms. The molecule has 1 saturated heterocycles. The first kappa shape index (κ1) is 12.7. The summed E-state index contributed by atoms with van der Waals surface area (Å²) in [5.41, 5.74) is -0.441. The van der Waals surface area contributed by atoms with Gasteiger partial charge in [-0.1, -0.05) is 0 Å². The van der Waals surface area contributed by atoms with Crippen molar-refractivity contribution in [2.45, 2.75) is 50.4 Å². The Kier molecular flexibility index (Phi) is 2.86. The quantitative estimate of drug-likeness (QED) is 0.633. The highest BCUT2D eigenvalue weighted by atomic mass is 31.2. The molecular formula is C12H19O6P. The van der Waals surface area contributed by atoms with Gasteiger partial charge in [-0.3, -0.25) is 9.05 Å². The normalized spacial score (nSPS) is 50.8. The van der Waals surface area contributed by atoms with E-state index in [-0.39, 0.29) is 6.61 Å². The van der Waals surface area contributed by atoms with Gasteiger partial charge in [-0.25, -0.2) is 14.3 Å². The van der Waals surface area contributed by atoms with Crippen LogP contribution in [0, 0.1) is 17.8 Å². The van der Waals surface area contributed by atoms with Gasteiger partial charge in [0.2, 0.25) is 6.29 Å². The molecule has 4 saturated carbocycles. The summed E-state index contributed by atoms with van der Waals surface area (Å²) < 4.78 is 22.6. The van der Waals surface area contributed by atoms with E-state index in [1.165, 1.54) is 19.3 Å².